The lowest BCUT2D eigenvalue weighted by Crippen LogP contribution is -2.36. The Morgan fingerprint density at radius 2 is 1.68 bits per heavy atom. The molecule has 3 rings (SSSR count). The molecule has 0 spiro atoms. The smallest absolute Gasteiger partial charge is 0.264 e. The van der Waals surface area contributed by atoms with E-state index in [0.29, 0.717) is 10.7 Å². The maximum Gasteiger partial charge on any atom is 0.264 e. The fourth-order valence-corrected chi connectivity index (χ4v) is 4.81. The summed E-state index contributed by atoms with van der Waals surface area (Å²) in [5.41, 5.74) is 0.621. The van der Waals surface area contributed by atoms with Crippen molar-refractivity contribution < 1.29 is 13.2 Å². The molecule has 28 heavy (non-hydrogen) atoms. The van der Waals surface area contributed by atoms with E-state index in [0.717, 1.165) is 30.0 Å². The number of nitrogens with one attached hydrogen (secondary N) is 1. The van der Waals surface area contributed by atoms with Gasteiger partial charge in [-0.25, -0.2) is 8.42 Å². The first kappa shape index (κ1) is 21.0. The summed E-state index contributed by atoms with van der Waals surface area (Å²) in [4.78, 5) is 12.8. The molecule has 1 saturated carbocycles. The lowest BCUT2D eigenvalue weighted by molar-refractivity contribution is 0.0928. The predicted octanol–water partition coefficient (Wildman–Crippen LogP) is 4.88. The molecule has 1 N–H and O–H groups in total. The van der Waals surface area contributed by atoms with Crippen molar-refractivity contribution in [2.75, 3.05) is 11.4 Å². The van der Waals surface area contributed by atoms with E-state index >= 15 is 0 Å². The van der Waals surface area contributed by atoms with Gasteiger partial charge in [-0.05, 0) is 55.3 Å². The Bertz CT molecular complexity index is 956. The Labute approximate surface area is 175 Å². The Morgan fingerprint density at radius 1 is 1.04 bits per heavy atom. The minimum Gasteiger partial charge on any atom is -0.349 e. The van der Waals surface area contributed by atoms with Crippen LogP contribution in [0.5, 0.6) is 0 Å². The van der Waals surface area contributed by atoms with Crippen molar-refractivity contribution in [1.82, 2.24) is 5.32 Å². The number of anilines is 1. The largest absolute Gasteiger partial charge is 0.349 e. The van der Waals surface area contributed by atoms with Crippen molar-refractivity contribution in [3.05, 3.63) is 58.1 Å². The van der Waals surface area contributed by atoms with Gasteiger partial charge in [-0.3, -0.25) is 9.10 Å². The predicted molar refractivity (Wildman–Crippen MR) is 113 cm³/mol. The van der Waals surface area contributed by atoms with Crippen molar-refractivity contribution in [1.29, 1.82) is 0 Å². The van der Waals surface area contributed by atoms with Crippen molar-refractivity contribution >= 4 is 44.8 Å². The molecule has 1 fully saturated rings. The van der Waals surface area contributed by atoms with Crippen LogP contribution in [0.25, 0.3) is 0 Å². The number of carbonyl (C=O) groups is 1. The molecular weight excluding hydrogens is 419 g/mol. The van der Waals surface area contributed by atoms with Gasteiger partial charge in [0.15, 0.2) is 0 Å². The molecule has 0 atom stereocenters. The second kappa shape index (κ2) is 8.72. The van der Waals surface area contributed by atoms with Gasteiger partial charge in [0.05, 0.1) is 21.2 Å². The third-order valence-corrected chi connectivity index (χ3v) is 7.35. The Morgan fingerprint density at radius 3 is 2.32 bits per heavy atom. The molecule has 2 aromatic carbocycles. The summed E-state index contributed by atoms with van der Waals surface area (Å²) < 4.78 is 26.9. The molecule has 0 saturated heterocycles. The highest BCUT2D eigenvalue weighted by molar-refractivity contribution is 7.92. The zero-order chi connectivity index (χ0) is 20.3. The zero-order valence-corrected chi connectivity index (χ0v) is 17.8. The van der Waals surface area contributed by atoms with E-state index in [1.165, 1.54) is 43.8 Å². The number of hydrogen-bond donors (Lipinski definition) is 1. The van der Waals surface area contributed by atoms with Gasteiger partial charge in [-0.2, -0.15) is 0 Å². The number of nitrogens with zero attached hydrogens (tertiary/aromatic N) is 1. The topological polar surface area (TPSA) is 66.5 Å². The lowest BCUT2D eigenvalue weighted by atomic mass is 9.95. The summed E-state index contributed by atoms with van der Waals surface area (Å²) in [5, 5.41) is 3.75. The Hall–Kier alpha value is -1.76. The van der Waals surface area contributed by atoms with Crippen molar-refractivity contribution in [3.63, 3.8) is 0 Å². The van der Waals surface area contributed by atoms with E-state index in [9.17, 15) is 13.2 Å². The molecule has 2 aromatic rings. The molecule has 0 aromatic heterocycles. The van der Waals surface area contributed by atoms with E-state index in [1.807, 2.05) is 0 Å². The number of halogens is 2. The van der Waals surface area contributed by atoms with Crippen LogP contribution in [0.4, 0.5) is 5.69 Å². The second-order valence-corrected chi connectivity index (χ2v) is 9.71. The number of hydrogen-bond acceptors (Lipinski definition) is 3. The first-order chi connectivity index (χ1) is 13.3. The van der Waals surface area contributed by atoms with E-state index in [2.05, 4.69) is 5.32 Å². The molecule has 5 nitrogen and oxygen atoms in total. The average Bonchev–Trinajstić information content (AvgIpc) is 2.69. The van der Waals surface area contributed by atoms with Crippen LogP contribution in [0.1, 0.15) is 42.5 Å². The number of amides is 1. The van der Waals surface area contributed by atoms with Crippen LogP contribution in [-0.2, 0) is 10.0 Å². The number of sulfonamides is 1. The third-order valence-electron chi connectivity index (χ3n) is 4.97. The lowest BCUT2D eigenvalue weighted by Gasteiger charge is -2.24. The molecule has 0 heterocycles. The van der Waals surface area contributed by atoms with E-state index in [1.54, 1.807) is 12.1 Å². The standard InChI is InChI=1S/C20H22Cl2N2O3S/c1-24(28(26,27)17-10-7-14(21)8-11-17)16-9-12-19(22)18(13-16)20(25)23-15-5-3-2-4-6-15/h7-13,15H,2-6H2,1H3,(H,23,25). The number of rotatable bonds is 5. The summed E-state index contributed by atoms with van der Waals surface area (Å²) in [6.07, 6.45) is 5.29. The van der Waals surface area contributed by atoms with Gasteiger partial charge < -0.3 is 5.32 Å². The normalized spacial score (nSPS) is 15.2. The van der Waals surface area contributed by atoms with Crippen molar-refractivity contribution in [2.45, 2.75) is 43.0 Å². The van der Waals surface area contributed by atoms with Gasteiger partial charge in [-0.1, -0.05) is 42.5 Å². The van der Waals surface area contributed by atoms with E-state index in [4.69, 9.17) is 23.2 Å². The fourth-order valence-electron chi connectivity index (χ4n) is 3.30. The average molecular weight is 441 g/mol. The van der Waals surface area contributed by atoms with Gasteiger partial charge >= 0.3 is 0 Å². The van der Waals surface area contributed by atoms with Gasteiger partial charge in [0.1, 0.15) is 0 Å². The minimum absolute atomic E-state index is 0.113. The highest BCUT2D eigenvalue weighted by Gasteiger charge is 2.24. The number of benzene rings is 2. The molecule has 1 aliphatic carbocycles. The summed E-state index contributed by atoms with van der Waals surface area (Å²) in [6.45, 7) is 0. The van der Waals surface area contributed by atoms with Crippen LogP contribution in [0, 0.1) is 0 Å². The van der Waals surface area contributed by atoms with Crippen LogP contribution in [-0.4, -0.2) is 27.4 Å². The molecule has 1 aliphatic rings. The van der Waals surface area contributed by atoms with E-state index in [-0.39, 0.29) is 27.4 Å². The maximum atomic E-state index is 12.9. The monoisotopic (exact) mass is 440 g/mol. The number of carbonyl (C=O) groups excluding carboxylic acids is 1. The maximum absolute atomic E-state index is 12.9. The van der Waals surface area contributed by atoms with Gasteiger partial charge in [0.2, 0.25) is 0 Å². The molecule has 0 aliphatic heterocycles. The fraction of sp³-hybridized carbons (Fsp3) is 0.350. The van der Waals surface area contributed by atoms with Gasteiger partial charge in [0.25, 0.3) is 15.9 Å². The van der Waals surface area contributed by atoms with Crippen molar-refractivity contribution in [3.8, 4) is 0 Å². The van der Waals surface area contributed by atoms with Crippen LogP contribution < -0.4 is 9.62 Å². The van der Waals surface area contributed by atoms with Crippen LogP contribution in [0.2, 0.25) is 10.0 Å². The van der Waals surface area contributed by atoms with Gasteiger partial charge in [0, 0.05) is 18.1 Å². The summed E-state index contributed by atoms with van der Waals surface area (Å²) in [7, 11) is -2.35. The van der Waals surface area contributed by atoms with Crippen molar-refractivity contribution in [2.24, 2.45) is 0 Å². The molecule has 0 bridgehead atoms. The molecule has 8 heteroatoms. The van der Waals surface area contributed by atoms with Crippen LogP contribution in [0.3, 0.4) is 0 Å². The van der Waals surface area contributed by atoms with E-state index < -0.39 is 10.0 Å². The minimum atomic E-state index is -3.79. The highest BCUT2D eigenvalue weighted by Crippen LogP contribution is 2.28. The summed E-state index contributed by atoms with van der Waals surface area (Å²) in [6, 6.07) is 10.7. The Kier molecular flexibility index (Phi) is 6.53. The summed E-state index contributed by atoms with van der Waals surface area (Å²) in [5.74, 6) is -0.281. The molecular formula is C20H22Cl2N2O3S. The SMILES string of the molecule is CN(c1ccc(Cl)c(C(=O)NC2CCCCC2)c1)S(=O)(=O)c1ccc(Cl)cc1. The molecule has 1 amide bonds. The zero-order valence-electron chi connectivity index (χ0n) is 15.5. The molecule has 0 radical (unpaired) electrons. The summed E-state index contributed by atoms with van der Waals surface area (Å²) >= 11 is 12.1. The first-order valence-corrected chi connectivity index (χ1v) is 11.3. The van der Waals surface area contributed by atoms with Gasteiger partial charge in [-0.15, -0.1) is 0 Å². The third kappa shape index (κ3) is 4.62. The van der Waals surface area contributed by atoms with Crippen LogP contribution in [0.15, 0.2) is 47.4 Å². The molecule has 0 unspecified atom stereocenters. The molecule has 150 valence electrons. The first-order valence-electron chi connectivity index (χ1n) is 9.14. The highest BCUT2D eigenvalue weighted by atomic mass is 35.5. The quantitative estimate of drug-likeness (QED) is 0.719. The van der Waals surface area contributed by atoms with Crippen LogP contribution >= 0.6 is 23.2 Å². The second-order valence-electron chi connectivity index (χ2n) is 6.90. The Balaban J connectivity index is 1.85.